The summed E-state index contributed by atoms with van der Waals surface area (Å²) in [5.41, 5.74) is 3.77. The highest BCUT2D eigenvalue weighted by Gasteiger charge is 2.07. The van der Waals surface area contributed by atoms with Crippen molar-refractivity contribution in [2.45, 2.75) is 0 Å². The van der Waals surface area contributed by atoms with Crippen LogP contribution in [0.25, 0.3) is 21.9 Å². The Kier molecular flexibility index (Phi) is 4.74. The van der Waals surface area contributed by atoms with Gasteiger partial charge >= 0.3 is 0 Å². The predicted octanol–water partition coefficient (Wildman–Crippen LogP) is 4.98. The summed E-state index contributed by atoms with van der Waals surface area (Å²) in [5.74, 6) is 0. The molecule has 4 heteroatoms. The van der Waals surface area contributed by atoms with Gasteiger partial charge in [0.25, 0.3) is 0 Å². The summed E-state index contributed by atoms with van der Waals surface area (Å²) in [4.78, 5) is 6.59. The summed E-state index contributed by atoms with van der Waals surface area (Å²) in [6.07, 6.45) is 5.71. The molecule has 24 heavy (non-hydrogen) atoms. The lowest BCUT2D eigenvalue weighted by Gasteiger charge is -2.11. The monoisotopic (exact) mass is 331 g/mol. The zero-order valence-corrected chi connectivity index (χ0v) is 14.4. The van der Waals surface area contributed by atoms with Crippen LogP contribution in [0.2, 0.25) is 0 Å². The Hall–Kier alpha value is -2.90. The molecule has 1 heterocycles. The molecule has 0 aliphatic heterocycles. The highest BCUT2D eigenvalue weighted by Crippen LogP contribution is 2.26. The summed E-state index contributed by atoms with van der Waals surface area (Å²) < 4.78 is 1.09. The largest absolute Gasteiger partial charge is 0.378 e. The first-order valence-electron chi connectivity index (χ1n) is 7.59. The van der Waals surface area contributed by atoms with Crippen molar-refractivity contribution in [2.75, 3.05) is 19.0 Å². The smallest absolute Gasteiger partial charge is 0.135 e. The minimum absolute atomic E-state index is 0.581. The van der Waals surface area contributed by atoms with Crippen molar-refractivity contribution in [3.05, 3.63) is 71.3 Å². The maximum Gasteiger partial charge on any atom is 0.135 e. The van der Waals surface area contributed by atoms with Gasteiger partial charge < -0.3 is 4.90 Å². The van der Waals surface area contributed by atoms with Gasteiger partial charge in [-0.2, -0.15) is 5.26 Å². The topological polar surface area (TPSA) is 39.9 Å². The van der Waals surface area contributed by atoms with E-state index in [-0.39, 0.29) is 0 Å². The standard InChI is InChI=1S/C20H17N3S/c1-23(2)17-12-10-15(11-13-17)6-5-7-16(14-21)20-22-18-8-3-4-9-19(18)24-20/h3-13H,1-2H3/b6-5-,16-7-. The Morgan fingerprint density at radius 3 is 2.54 bits per heavy atom. The number of anilines is 1. The van der Waals surface area contributed by atoms with Gasteiger partial charge in [-0.25, -0.2) is 4.98 Å². The van der Waals surface area contributed by atoms with Crippen LogP contribution in [0.15, 0.2) is 60.7 Å². The quantitative estimate of drug-likeness (QED) is 0.500. The van der Waals surface area contributed by atoms with Crippen LogP contribution in [-0.2, 0) is 0 Å². The van der Waals surface area contributed by atoms with Crippen molar-refractivity contribution in [2.24, 2.45) is 0 Å². The number of benzene rings is 2. The Morgan fingerprint density at radius 1 is 1.12 bits per heavy atom. The number of hydrogen-bond donors (Lipinski definition) is 0. The molecule has 3 aromatic rings. The molecule has 0 saturated heterocycles. The second-order valence-corrected chi connectivity index (χ2v) is 6.55. The van der Waals surface area contributed by atoms with E-state index in [1.165, 1.54) is 0 Å². The van der Waals surface area contributed by atoms with Crippen molar-refractivity contribution >= 4 is 38.9 Å². The van der Waals surface area contributed by atoms with Crippen LogP contribution in [0.3, 0.4) is 0 Å². The van der Waals surface area contributed by atoms with E-state index in [9.17, 15) is 5.26 Å². The minimum atomic E-state index is 0.581. The van der Waals surface area contributed by atoms with Gasteiger partial charge in [-0.1, -0.05) is 36.4 Å². The van der Waals surface area contributed by atoms with Crippen molar-refractivity contribution in [3.8, 4) is 6.07 Å². The molecular formula is C20H17N3S. The molecule has 0 bridgehead atoms. The molecule has 0 aliphatic carbocycles. The Balaban J connectivity index is 1.81. The van der Waals surface area contributed by atoms with Crippen LogP contribution in [0.5, 0.6) is 0 Å². The van der Waals surface area contributed by atoms with Gasteiger partial charge in [-0.05, 0) is 35.9 Å². The molecule has 0 amide bonds. The summed E-state index contributed by atoms with van der Waals surface area (Å²) in [7, 11) is 4.04. The Labute approximate surface area is 145 Å². The fourth-order valence-corrected chi connectivity index (χ4v) is 3.22. The van der Waals surface area contributed by atoms with E-state index in [4.69, 9.17) is 0 Å². The van der Waals surface area contributed by atoms with Gasteiger partial charge in [-0.3, -0.25) is 0 Å². The van der Waals surface area contributed by atoms with Crippen LogP contribution in [0.1, 0.15) is 10.6 Å². The van der Waals surface area contributed by atoms with E-state index < -0.39 is 0 Å². The number of thiazole rings is 1. The maximum atomic E-state index is 9.41. The maximum absolute atomic E-state index is 9.41. The Morgan fingerprint density at radius 2 is 1.88 bits per heavy atom. The van der Waals surface area contributed by atoms with Crippen molar-refractivity contribution in [1.82, 2.24) is 4.98 Å². The molecule has 0 atom stereocenters. The van der Waals surface area contributed by atoms with E-state index in [2.05, 4.69) is 40.2 Å². The molecule has 0 saturated carbocycles. The summed E-state index contributed by atoms with van der Waals surface area (Å²) in [5, 5.41) is 10.2. The molecule has 2 aromatic carbocycles. The van der Waals surface area contributed by atoms with Gasteiger partial charge in [0.15, 0.2) is 0 Å². The zero-order chi connectivity index (χ0) is 16.9. The molecule has 118 valence electrons. The first kappa shape index (κ1) is 16.0. The lowest BCUT2D eigenvalue weighted by molar-refractivity contribution is 1.13. The number of allylic oxidation sites excluding steroid dienone is 3. The normalized spacial score (nSPS) is 11.8. The van der Waals surface area contributed by atoms with Crippen LogP contribution >= 0.6 is 11.3 Å². The minimum Gasteiger partial charge on any atom is -0.378 e. The Bertz CT molecular complexity index is 908. The molecule has 1 aromatic heterocycles. The van der Waals surface area contributed by atoms with E-state index in [0.717, 1.165) is 26.5 Å². The molecule has 0 radical (unpaired) electrons. The number of nitrogens with zero attached hydrogens (tertiary/aromatic N) is 3. The van der Waals surface area contributed by atoms with E-state index in [0.29, 0.717) is 5.57 Å². The van der Waals surface area contributed by atoms with Crippen LogP contribution in [-0.4, -0.2) is 19.1 Å². The van der Waals surface area contributed by atoms with Gasteiger partial charge in [0.1, 0.15) is 11.1 Å². The van der Waals surface area contributed by atoms with Crippen LogP contribution in [0, 0.1) is 11.3 Å². The molecule has 0 unspecified atom stereocenters. The second kappa shape index (κ2) is 7.12. The van der Waals surface area contributed by atoms with E-state index in [1.54, 1.807) is 11.3 Å². The number of rotatable bonds is 4. The number of para-hydroxylation sites is 1. The lowest BCUT2D eigenvalue weighted by atomic mass is 10.1. The predicted molar refractivity (Wildman–Crippen MR) is 103 cm³/mol. The van der Waals surface area contributed by atoms with Gasteiger partial charge in [0, 0.05) is 19.8 Å². The first-order valence-corrected chi connectivity index (χ1v) is 8.41. The van der Waals surface area contributed by atoms with Crippen molar-refractivity contribution in [1.29, 1.82) is 5.26 Å². The summed E-state index contributed by atoms with van der Waals surface area (Å²) in [6, 6.07) is 18.4. The summed E-state index contributed by atoms with van der Waals surface area (Å²) >= 11 is 1.54. The molecule has 0 fully saturated rings. The molecule has 3 nitrogen and oxygen atoms in total. The highest BCUT2D eigenvalue weighted by molar-refractivity contribution is 7.19. The number of aromatic nitrogens is 1. The third kappa shape index (κ3) is 3.53. The number of hydrogen-bond acceptors (Lipinski definition) is 4. The average molecular weight is 331 g/mol. The van der Waals surface area contributed by atoms with Gasteiger partial charge in [0.05, 0.1) is 15.8 Å². The van der Waals surface area contributed by atoms with E-state index in [1.807, 2.05) is 56.6 Å². The summed E-state index contributed by atoms with van der Waals surface area (Å²) in [6.45, 7) is 0. The van der Waals surface area contributed by atoms with Gasteiger partial charge in [0.2, 0.25) is 0 Å². The third-order valence-electron chi connectivity index (χ3n) is 3.61. The molecule has 0 N–H and O–H groups in total. The zero-order valence-electron chi connectivity index (χ0n) is 13.6. The van der Waals surface area contributed by atoms with Crippen LogP contribution in [0.4, 0.5) is 5.69 Å². The molecule has 0 aliphatic rings. The molecular weight excluding hydrogens is 314 g/mol. The van der Waals surface area contributed by atoms with Crippen molar-refractivity contribution in [3.63, 3.8) is 0 Å². The number of nitriles is 1. The first-order chi connectivity index (χ1) is 11.7. The highest BCUT2D eigenvalue weighted by atomic mass is 32.1. The van der Waals surface area contributed by atoms with Crippen LogP contribution < -0.4 is 4.90 Å². The second-order valence-electron chi connectivity index (χ2n) is 5.52. The number of fused-ring (bicyclic) bond motifs is 1. The third-order valence-corrected chi connectivity index (χ3v) is 4.68. The average Bonchev–Trinajstić information content (AvgIpc) is 3.03. The fraction of sp³-hybridized carbons (Fsp3) is 0.100. The lowest BCUT2D eigenvalue weighted by Crippen LogP contribution is -2.07. The fourth-order valence-electron chi connectivity index (χ4n) is 2.28. The van der Waals surface area contributed by atoms with Crippen molar-refractivity contribution < 1.29 is 0 Å². The van der Waals surface area contributed by atoms with E-state index >= 15 is 0 Å². The molecule has 0 spiro atoms. The molecule has 3 rings (SSSR count). The van der Waals surface area contributed by atoms with Gasteiger partial charge in [-0.15, -0.1) is 11.3 Å². The SMILES string of the molecule is CN(C)c1ccc(/C=C\C=C(\C#N)c2nc3ccccc3s2)cc1.